The van der Waals surface area contributed by atoms with Crippen molar-refractivity contribution in [3.8, 4) is 11.5 Å². The van der Waals surface area contributed by atoms with E-state index in [1.165, 1.54) is 0 Å². The third-order valence-electron chi connectivity index (χ3n) is 2.66. The van der Waals surface area contributed by atoms with Crippen molar-refractivity contribution >= 4 is 26.7 Å². The molecule has 1 aromatic heterocycles. The van der Waals surface area contributed by atoms with Crippen LogP contribution in [0.1, 0.15) is 0 Å². The summed E-state index contributed by atoms with van der Waals surface area (Å²) in [6.07, 6.45) is 3.43. The van der Waals surface area contributed by atoms with Gasteiger partial charge in [0.25, 0.3) is 0 Å². The summed E-state index contributed by atoms with van der Waals surface area (Å²) in [7, 11) is 0. The van der Waals surface area contributed by atoms with E-state index < -0.39 is 0 Å². The molecule has 88 valence electrons. The Morgan fingerprint density at radius 3 is 2.67 bits per heavy atom. The Bertz CT molecular complexity index is 691. The molecule has 2 nitrogen and oxygen atoms in total. The summed E-state index contributed by atoms with van der Waals surface area (Å²) >= 11 is 3.38. The number of pyridine rings is 1. The molecule has 3 rings (SSSR count). The highest BCUT2D eigenvalue weighted by Crippen LogP contribution is 2.30. The van der Waals surface area contributed by atoms with Gasteiger partial charge in [-0.25, -0.2) is 0 Å². The van der Waals surface area contributed by atoms with Gasteiger partial charge >= 0.3 is 0 Å². The van der Waals surface area contributed by atoms with Gasteiger partial charge < -0.3 is 4.74 Å². The molecule has 0 aliphatic carbocycles. The lowest BCUT2D eigenvalue weighted by Gasteiger charge is -2.08. The highest BCUT2D eigenvalue weighted by molar-refractivity contribution is 9.10. The molecule has 0 spiro atoms. The summed E-state index contributed by atoms with van der Waals surface area (Å²) in [5.74, 6) is 1.56. The van der Waals surface area contributed by atoms with Crippen molar-refractivity contribution in [2.75, 3.05) is 0 Å². The molecule has 3 aromatic rings. The van der Waals surface area contributed by atoms with Crippen LogP contribution in [0.25, 0.3) is 10.8 Å². The first-order valence-corrected chi connectivity index (χ1v) is 6.38. The number of rotatable bonds is 2. The van der Waals surface area contributed by atoms with Gasteiger partial charge in [0.2, 0.25) is 0 Å². The van der Waals surface area contributed by atoms with E-state index in [-0.39, 0.29) is 0 Å². The van der Waals surface area contributed by atoms with Crippen molar-refractivity contribution in [1.82, 2.24) is 4.98 Å². The van der Waals surface area contributed by atoms with E-state index >= 15 is 0 Å². The van der Waals surface area contributed by atoms with Gasteiger partial charge in [0.1, 0.15) is 11.5 Å². The zero-order valence-electron chi connectivity index (χ0n) is 9.51. The maximum atomic E-state index is 5.88. The molecule has 18 heavy (non-hydrogen) atoms. The first-order chi connectivity index (χ1) is 8.83. The van der Waals surface area contributed by atoms with Crippen LogP contribution in [0.15, 0.2) is 65.4 Å². The zero-order chi connectivity index (χ0) is 12.4. The van der Waals surface area contributed by atoms with E-state index in [0.717, 1.165) is 26.7 Å². The van der Waals surface area contributed by atoms with E-state index in [1.807, 2.05) is 30.3 Å². The summed E-state index contributed by atoms with van der Waals surface area (Å²) < 4.78 is 6.78. The van der Waals surface area contributed by atoms with Crippen molar-refractivity contribution in [1.29, 1.82) is 0 Å². The number of nitrogens with zero attached hydrogens (tertiary/aromatic N) is 1. The molecule has 0 fully saturated rings. The molecule has 0 saturated carbocycles. The predicted molar refractivity (Wildman–Crippen MR) is 76.0 cm³/mol. The lowest BCUT2D eigenvalue weighted by Crippen LogP contribution is -1.86. The molecule has 0 bridgehead atoms. The first-order valence-electron chi connectivity index (χ1n) is 5.59. The largest absolute Gasteiger partial charge is 0.455 e. The Balaban J connectivity index is 2.05. The second-order valence-electron chi connectivity index (χ2n) is 3.92. The molecule has 0 radical (unpaired) electrons. The minimum Gasteiger partial charge on any atom is -0.455 e. The van der Waals surface area contributed by atoms with Gasteiger partial charge in [0.15, 0.2) is 0 Å². The maximum absolute atomic E-state index is 5.88. The highest BCUT2D eigenvalue weighted by Gasteiger charge is 2.03. The molecule has 0 unspecified atom stereocenters. The molecule has 3 heteroatoms. The molecule has 0 aliphatic heterocycles. The average molecular weight is 300 g/mol. The SMILES string of the molecule is Brc1cncc(Oc2cccc3ccccc23)c1. The Labute approximate surface area is 113 Å². The average Bonchev–Trinajstić information content (AvgIpc) is 2.39. The summed E-state index contributed by atoms with van der Waals surface area (Å²) in [5, 5.41) is 2.26. The quantitative estimate of drug-likeness (QED) is 0.679. The molecule has 0 amide bonds. The van der Waals surface area contributed by atoms with Crippen LogP contribution in [0.2, 0.25) is 0 Å². The second-order valence-corrected chi connectivity index (χ2v) is 4.83. The van der Waals surface area contributed by atoms with Gasteiger partial charge in [-0.2, -0.15) is 0 Å². The van der Waals surface area contributed by atoms with Gasteiger partial charge in [-0.05, 0) is 33.4 Å². The van der Waals surface area contributed by atoms with Crippen LogP contribution < -0.4 is 4.74 Å². The van der Waals surface area contributed by atoms with Crippen molar-refractivity contribution < 1.29 is 4.74 Å². The van der Waals surface area contributed by atoms with Crippen LogP contribution in [0, 0.1) is 0 Å². The van der Waals surface area contributed by atoms with Crippen LogP contribution >= 0.6 is 15.9 Å². The highest BCUT2D eigenvalue weighted by atomic mass is 79.9. The van der Waals surface area contributed by atoms with Gasteiger partial charge in [0, 0.05) is 16.1 Å². The van der Waals surface area contributed by atoms with Gasteiger partial charge in [-0.15, -0.1) is 0 Å². The third kappa shape index (κ3) is 2.22. The normalized spacial score (nSPS) is 10.5. The van der Waals surface area contributed by atoms with Crippen LogP contribution in [0.4, 0.5) is 0 Å². The number of fused-ring (bicyclic) bond motifs is 1. The van der Waals surface area contributed by atoms with Crippen LogP contribution in [-0.2, 0) is 0 Å². The Kier molecular flexibility index (Phi) is 2.99. The van der Waals surface area contributed by atoms with Crippen LogP contribution in [-0.4, -0.2) is 4.98 Å². The third-order valence-corrected chi connectivity index (χ3v) is 3.09. The maximum Gasteiger partial charge on any atom is 0.146 e. The predicted octanol–water partition coefficient (Wildman–Crippen LogP) is 4.79. The van der Waals surface area contributed by atoms with Gasteiger partial charge in [0.05, 0.1) is 6.20 Å². The fourth-order valence-corrected chi connectivity index (χ4v) is 2.20. The Morgan fingerprint density at radius 2 is 1.78 bits per heavy atom. The van der Waals surface area contributed by atoms with E-state index in [2.05, 4.69) is 39.1 Å². The molecule has 0 aliphatic rings. The summed E-state index contributed by atoms with van der Waals surface area (Å²) in [4.78, 5) is 4.09. The minimum atomic E-state index is 0.723. The zero-order valence-corrected chi connectivity index (χ0v) is 11.1. The topological polar surface area (TPSA) is 22.1 Å². The van der Waals surface area contributed by atoms with Crippen molar-refractivity contribution in [2.24, 2.45) is 0 Å². The lowest BCUT2D eigenvalue weighted by molar-refractivity contribution is 0.485. The monoisotopic (exact) mass is 299 g/mol. The van der Waals surface area contributed by atoms with E-state index in [9.17, 15) is 0 Å². The van der Waals surface area contributed by atoms with E-state index in [0.29, 0.717) is 0 Å². The fourth-order valence-electron chi connectivity index (χ4n) is 1.86. The molecule has 0 N–H and O–H groups in total. The first kappa shape index (κ1) is 11.2. The number of halogens is 1. The molecule has 0 atom stereocenters. The number of ether oxygens (including phenoxy) is 1. The van der Waals surface area contributed by atoms with Crippen molar-refractivity contribution in [3.63, 3.8) is 0 Å². The van der Waals surface area contributed by atoms with Gasteiger partial charge in [-0.3, -0.25) is 4.98 Å². The number of hydrogen-bond donors (Lipinski definition) is 0. The van der Waals surface area contributed by atoms with Gasteiger partial charge in [-0.1, -0.05) is 36.4 Å². The van der Waals surface area contributed by atoms with E-state index in [1.54, 1.807) is 12.4 Å². The number of benzene rings is 2. The second kappa shape index (κ2) is 4.78. The smallest absolute Gasteiger partial charge is 0.146 e. The number of aromatic nitrogens is 1. The lowest BCUT2D eigenvalue weighted by atomic mass is 10.1. The van der Waals surface area contributed by atoms with Crippen LogP contribution in [0.5, 0.6) is 11.5 Å². The summed E-state index contributed by atoms with van der Waals surface area (Å²) in [5.41, 5.74) is 0. The fraction of sp³-hybridized carbons (Fsp3) is 0. The summed E-state index contributed by atoms with van der Waals surface area (Å²) in [6.45, 7) is 0. The van der Waals surface area contributed by atoms with Crippen molar-refractivity contribution in [3.05, 3.63) is 65.4 Å². The standard InChI is InChI=1S/C15H10BrNO/c16-12-8-13(10-17-9-12)18-15-7-3-5-11-4-1-2-6-14(11)15/h1-10H. The Morgan fingerprint density at radius 1 is 0.944 bits per heavy atom. The molecule has 1 heterocycles. The summed E-state index contributed by atoms with van der Waals surface area (Å²) in [6, 6.07) is 16.1. The number of hydrogen-bond acceptors (Lipinski definition) is 2. The molecule has 0 saturated heterocycles. The molecular formula is C15H10BrNO. The Hall–Kier alpha value is -1.87. The molecular weight excluding hydrogens is 290 g/mol. The molecule has 2 aromatic carbocycles. The minimum absolute atomic E-state index is 0.723. The van der Waals surface area contributed by atoms with E-state index in [4.69, 9.17) is 4.74 Å². The van der Waals surface area contributed by atoms with Crippen molar-refractivity contribution in [2.45, 2.75) is 0 Å². The van der Waals surface area contributed by atoms with Crippen LogP contribution in [0.3, 0.4) is 0 Å².